The smallest absolute Gasteiger partial charge is 0.425 e. The summed E-state index contributed by atoms with van der Waals surface area (Å²) in [5, 5.41) is 63.0. The Morgan fingerprint density at radius 3 is 1.36 bits per heavy atom. The first-order valence-corrected chi connectivity index (χ1v) is 30.2. The monoisotopic (exact) mass is 1300 g/mol. The van der Waals surface area contributed by atoms with Crippen LogP contribution in [0.1, 0.15) is 0 Å². The van der Waals surface area contributed by atoms with Crippen LogP contribution in [0.15, 0.2) is 162 Å². The van der Waals surface area contributed by atoms with Crippen molar-refractivity contribution in [3.63, 3.8) is 0 Å². The first-order valence-electron chi connectivity index (χ1n) is 21.2. The molecule has 0 aliphatic carbocycles. The van der Waals surface area contributed by atoms with Crippen LogP contribution in [0, 0.1) is 0 Å². The summed E-state index contributed by atoms with van der Waals surface area (Å²) in [5.41, 5.74) is 1.29. The van der Waals surface area contributed by atoms with Crippen LogP contribution in [0.25, 0.3) is 32.3 Å². The molecular formula is C43H27Cl2N9O23S6. The highest BCUT2D eigenvalue weighted by molar-refractivity contribution is 7.87. The van der Waals surface area contributed by atoms with Crippen molar-refractivity contribution in [1.29, 1.82) is 0 Å². The van der Waals surface area contributed by atoms with E-state index in [1.165, 1.54) is 30.3 Å². The van der Waals surface area contributed by atoms with Gasteiger partial charge in [0.05, 0.1) is 32.4 Å². The number of azo groups is 4. The molecule has 0 bridgehead atoms. The molecule has 0 saturated heterocycles. The van der Waals surface area contributed by atoms with Crippen LogP contribution >= 0.6 is 23.2 Å². The second-order valence-corrected chi connectivity index (χ2v) is 24.3. The largest absolute Gasteiger partial charge is 0.505 e. The SMILES string of the molecule is Nc1c(N=Nc2ccc3cc(S(=O)(=O)O)c(N=Nc4ccc(S(=O)(=O)O)cc4OC=O)c(O)c3c2)c(S(=O)(=O)O)cc2ccc(N=Nc3ccc4cc(S(=O)(=O)O)c(N=Nc5c(Cl)cc(Cl)cc5S(=O)(=O)O)c(O)c4c3)c(O)c12.O=S(=O)=O. The molecule has 32 nitrogen and oxygen atoms in total. The molecule has 0 aliphatic rings. The lowest BCUT2D eigenvalue weighted by Gasteiger charge is -2.12. The van der Waals surface area contributed by atoms with Gasteiger partial charge in [0, 0.05) is 21.9 Å². The predicted molar refractivity (Wildman–Crippen MR) is 286 cm³/mol. The molecular weight excluding hydrogens is 1270 g/mol. The number of nitrogens with zero attached hydrogens (tertiary/aromatic N) is 8. The molecule has 0 aromatic heterocycles. The Balaban J connectivity index is 0.00000240. The van der Waals surface area contributed by atoms with Crippen LogP contribution < -0.4 is 10.5 Å². The number of nitrogens with two attached hydrogens (primary N) is 1. The zero-order valence-electron chi connectivity index (χ0n) is 39.9. The number of rotatable bonds is 15. The highest BCUT2D eigenvalue weighted by Gasteiger charge is 2.27. The number of ether oxygens (including phenoxy) is 1. The summed E-state index contributed by atoms with van der Waals surface area (Å²) in [6.45, 7) is -0.137. The molecule has 0 heterocycles. The molecule has 8 rings (SSSR count). The average Bonchev–Trinajstić information content (AvgIpc) is 3.58. The lowest BCUT2D eigenvalue weighted by molar-refractivity contribution is -0.120. The number of benzene rings is 8. The Morgan fingerprint density at radius 2 is 0.867 bits per heavy atom. The molecule has 40 heteroatoms. The zero-order chi connectivity index (χ0) is 61.5. The Hall–Kier alpha value is -8.64. The van der Waals surface area contributed by atoms with Crippen molar-refractivity contribution >= 4 is 174 Å². The quantitative estimate of drug-likeness (QED) is 0.0199. The number of phenols is 3. The van der Waals surface area contributed by atoms with Crippen molar-refractivity contribution in [2.24, 2.45) is 40.9 Å². The topological polar surface area (TPSA) is 535 Å². The summed E-state index contributed by atoms with van der Waals surface area (Å²) in [6, 6.07) is 16.1. The van der Waals surface area contributed by atoms with E-state index in [-0.39, 0.29) is 60.9 Å². The molecule has 83 heavy (non-hydrogen) atoms. The molecule has 0 amide bonds. The van der Waals surface area contributed by atoms with E-state index in [4.69, 9.17) is 46.3 Å². The second kappa shape index (κ2) is 23.3. The van der Waals surface area contributed by atoms with Gasteiger partial charge in [-0.1, -0.05) is 41.4 Å². The summed E-state index contributed by atoms with van der Waals surface area (Å²) in [4.78, 5) is 6.49. The lowest BCUT2D eigenvalue weighted by Crippen LogP contribution is -2.01. The highest BCUT2D eigenvalue weighted by Crippen LogP contribution is 2.49. The normalized spacial score (nSPS) is 12.7. The summed E-state index contributed by atoms with van der Waals surface area (Å²) >= 11 is 12.0. The van der Waals surface area contributed by atoms with Gasteiger partial charge in [0.2, 0.25) is 0 Å². The molecule has 432 valence electrons. The molecule has 0 radical (unpaired) electrons. The third-order valence-corrected chi connectivity index (χ3v) is 15.7. The minimum absolute atomic E-state index is 0.0456. The van der Waals surface area contributed by atoms with Gasteiger partial charge in [-0.15, -0.1) is 43.3 Å². The average molecular weight is 1300 g/mol. The fourth-order valence-corrected chi connectivity index (χ4v) is 11.2. The maximum Gasteiger partial charge on any atom is 0.425 e. The molecule has 0 unspecified atom stereocenters. The van der Waals surface area contributed by atoms with Crippen molar-refractivity contribution < 1.29 is 102 Å². The number of aromatic hydroxyl groups is 3. The summed E-state index contributed by atoms with van der Waals surface area (Å²) < 4.78 is 202. The molecule has 8 aromatic rings. The maximum absolute atomic E-state index is 12.7. The number of hydrogen-bond donors (Lipinski definition) is 9. The van der Waals surface area contributed by atoms with Gasteiger partial charge in [0.15, 0.2) is 23.0 Å². The summed E-state index contributed by atoms with van der Waals surface area (Å²) in [7, 11) is -28.6. The third-order valence-electron chi connectivity index (χ3n) is 10.9. The number of nitrogen functional groups attached to an aromatic ring is 1. The molecule has 0 fully saturated rings. The van der Waals surface area contributed by atoms with Gasteiger partial charge in [-0.3, -0.25) is 27.6 Å². The maximum atomic E-state index is 12.7. The van der Waals surface area contributed by atoms with E-state index in [2.05, 4.69) is 40.9 Å². The van der Waals surface area contributed by atoms with E-state index in [1.807, 2.05) is 0 Å². The van der Waals surface area contributed by atoms with Crippen molar-refractivity contribution in [2.45, 2.75) is 24.5 Å². The minimum Gasteiger partial charge on any atom is -0.505 e. The van der Waals surface area contributed by atoms with Crippen molar-refractivity contribution in [3.05, 3.63) is 107 Å². The number of phenolic OH excluding ortho intramolecular Hbond substituents is 3. The number of anilines is 1. The van der Waals surface area contributed by atoms with E-state index in [1.54, 1.807) is 0 Å². The van der Waals surface area contributed by atoms with E-state index in [0.29, 0.717) is 6.07 Å². The summed E-state index contributed by atoms with van der Waals surface area (Å²) in [6.07, 6.45) is 0. The van der Waals surface area contributed by atoms with E-state index >= 15 is 0 Å². The minimum atomic E-state index is -5.20. The lowest BCUT2D eigenvalue weighted by atomic mass is 10.1. The van der Waals surface area contributed by atoms with E-state index < -0.39 is 148 Å². The highest BCUT2D eigenvalue weighted by atomic mass is 35.5. The third kappa shape index (κ3) is 13.8. The first-order chi connectivity index (χ1) is 38.5. The first kappa shape index (κ1) is 62.0. The predicted octanol–water partition coefficient (Wildman–Crippen LogP) is 9.58. The van der Waals surface area contributed by atoms with E-state index in [0.717, 1.165) is 60.7 Å². The van der Waals surface area contributed by atoms with Gasteiger partial charge in [0.25, 0.3) is 57.1 Å². The van der Waals surface area contributed by atoms with Gasteiger partial charge in [-0.05, 0) is 89.0 Å². The van der Waals surface area contributed by atoms with Gasteiger partial charge in [0.1, 0.15) is 53.7 Å². The standard InChI is InChI=1S/C43H27Cl2N9O20S5.O3S/c44-21-12-27(45)37(34(13-21)79(71,72)73)51-54-40-33(78(68,69)70)10-18-1-4-22(14-25(18)42(40)57)47-50-29-7-3-20-11-31(76(62,63)64)38(36(46)35(20)43(29)58)52-48-23-5-2-19-9-32(77(65,66)67)39(41(56)26(19)15-23)53-49-28-8-6-24(75(59,60)61)16-30(28)74-17-55;1-4(2)3/h1-17,56-58H,46H2,(H,59,60,61)(H,62,63,64)(H,65,66,67)(H,68,69,70)(H,71,72,73);. The van der Waals surface area contributed by atoms with Crippen molar-refractivity contribution in [3.8, 4) is 23.0 Å². The number of fused-ring (bicyclic) bond motifs is 3. The van der Waals surface area contributed by atoms with E-state index in [9.17, 15) is 85.0 Å². The number of halogens is 2. The van der Waals surface area contributed by atoms with Crippen LogP contribution in [-0.2, 0) is 66.0 Å². The molecule has 0 saturated carbocycles. The Labute approximate surface area is 475 Å². The van der Waals surface area contributed by atoms with Gasteiger partial charge < -0.3 is 25.8 Å². The molecule has 0 spiro atoms. The van der Waals surface area contributed by atoms with Crippen LogP contribution in [0.2, 0.25) is 10.0 Å². The Bertz CT molecular complexity index is 4970. The molecule has 8 aromatic carbocycles. The van der Waals surface area contributed by atoms with Crippen molar-refractivity contribution in [2.75, 3.05) is 5.73 Å². The van der Waals surface area contributed by atoms with Crippen LogP contribution in [-0.4, -0.2) is 99.3 Å². The van der Waals surface area contributed by atoms with Crippen LogP contribution in [0.3, 0.4) is 0 Å². The fourth-order valence-electron chi connectivity index (χ4n) is 7.35. The fraction of sp³-hybridized carbons (Fsp3) is 0. The molecule has 0 atom stereocenters. The van der Waals surface area contributed by atoms with Crippen molar-refractivity contribution in [1.82, 2.24) is 0 Å². The van der Waals surface area contributed by atoms with Crippen LogP contribution in [0.5, 0.6) is 23.0 Å². The number of carbonyl (C=O) groups is 1. The Kier molecular flexibility index (Phi) is 17.4. The van der Waals surface area contributed by atoms with Gasteiger partial charge in [-0.2, -0.15) is 52.3 Å². The molecule has 0 aliphatic heterocycles. The molecule has 10 N–H and O–H groups in total. The summed E-state index contributed by atoms with van der Waals surface area (Å²) in [5.74, 6) is -3.30. The number of carbonyl (C=O) groups excluding carboxylic acids is 1. The number of hydrogen-bond acceptors (Lipinski definition) is 27. The second-order valence-electron chi connectivity index (χ2n) is 16.1. The Morgan fingerprint density at radius 1 is 0.458 bits per heavy atom. The van der Waals surface area contributed by atoms with Crippen LogP contribution in [0.4, 0.5) is 51.2 Å². The van der Waals surface area contributed by atoms with Gasteiger partial charge >= 0.3 is 10.6 Å². The zero-order valence-corrected chi connectivity index (χ0v) is 46.3. The van der Waals surface area contributed by atoms with Gasteiger partial charge in [-0.25, -0.2) is 0 Å².